The lowest BCUT2D eigenvalue weighted by atomic mass is 9.98. The monoisotopic (exact) mass is 1320 g/mol. The molecule has 0 unspecified atom stereocenters. The van der Waals surface area contributed by atoms with Crippen LogP contribution in [0.5, 0.6) is 0 Å². The highest BCUT2D eigenvalue weighted by Gasteiger charge is 2.23. The summed E-state index contributed by atoms with van der Waals surface area (Å²) < 4.78 is 18.8. The summed E-state index contributed by atoms with van der Waals surface area (Å²) in [6, 6.07) is 132. The van der Waals surface area contributed by atoms with E-state index in [2.05, 4.69) is 376 Å². The number of thiophene rings is 1. The van der Waals surface area contributed by atoms with Crippen molar-refractivity contribution >= 4 is 141 Å². The van der Waals surface area contributed by atoms with Gasteiger partial charge in [-0.3, -0.25) is 0 Å². The van der Waals surface area contributed by atoms with Crippen molar-refractivity contribution in [3.05, 3.63) is 364 Å². The Labute approximate surface area is 590 Å². The van der Waals surface area contributed by atoms with Crippen molar-refractivity contribution < 1.29 is 4.42 Å². The molecule has 0 saturated heterocycles. The minimum Gasteiger partial charge on any atom is -0.455 e. The molecule has 6 heteroatoms. The molecule has 0 bridgehead atoms. The lowest BCUT2D eigenvalue weighted by molar-refractivity contribution is 0.673. The second kappa shape index (κ2) is 23.2. The number of fused-ring (bicyclic) bond motifs is 20. The Morgan fingerprint density at radius 2 is 0.539 bits per heavy atom. The van der Waals surface area contributed by atoms with E-state index in [1.807, 2.05) is 17.4 Å². The van der Waals surface area contributed by atoms with Crippen molar-refractivity contribution in [2.24, 2.45) is 0 Å². The summed E-state index contributed by atoms with van der Waals surface area (Å²) in [5.74, 6) is 0. The molecule has 6 heterocycles. The average molecular weight is 1320 g/mol. The highest BCUT2D eigenvalue weighted by atomic mass is 32.1. The Morgan fingerprint density at radius 1 is 0.206 bits per heavy atom. The number of hydrogen-bond donors (Lipinski definition) is 0. The fraction of sp³-hybridized carbons (Fsp3) is 0. The third-order valence-electron chi connectivity index (χ3n) is 21.1. The Hall–Kier alpha value is -13.3. The fourth-order valence-electron chi connectivity index (χ4n) is 16.4. The average Bonchev–Trinajstić information content (AvgIpc) is 1.57. The van der Waals surface area contributed by atoms with Gasteiger partial charge in [-0.25, -0.2) is 0 Å². The van der Waals surface area contributed by atoms with E-state index in [9.17, 15) is 0 Å². The van der Waals surface area contributed by atoms with Crippen LogP contribution in [0.25, 0.3) is 197 Å². The number of furan rings is 1. The van der Waals surface area contributed by atoms with Crippen LogP contribution in [0.3, 0.4) is 0 Å². The molecule has 6 aromatic heterocycles. The Balaban J connectivity index is 0.000000133. The highest BCUT2D eigenvalue weighted by Crippen LogP contribution is 2.46. The summed E-state index contributed by atoms with van der Waals surface area (Å²) in [7, 11) is 0. The molecule has 0 aliphatic rings. The van der Waals surface area contributed by atoms with Gasteiger partial charge in [-0.15, -0.1) is 11.3 Å². The van der Waals surface area contributed by atoms with Gasteiger partial charge in [0.05, 0.1) is 54.2 Å². The third kappa shape index (κ3) is 9.10. The van der Waals surface area contributed by atoms with Gasteiger partial charge in [0.15, 0.2) is 0 Å². The molecule has 476 valence electrons. The molecule has 0 spiro atoms. The van der Waals surface area contributed by atoms with E-state index in [0.717, 1.165) is 44.0 Å². The molecular formula is C96H60N4OS. The van der Waals surface area contributed by atoms with Crippen molar-refractivity contribution in [3.8, 4) is 67.3 Å². The topological polar surface area (TPSA) is 32.9 Å². The van der Waals surface area contributed by atoms with E-state index in [-0.39, 0.29) is 0 Å². The molecule has 0 N–H and O–H groups in total. The number of para-hydroxylation sites is 7. The van der Waals surface area contributed by atoms with Crippen LogP contribution < -0.4 is 0 Å². The first-order valence-corrected chi connectivity index (χ1v) is 35.7. The Bertz CT molecular complexity index is 7070. The summed E-state index contributed by atoms with van der Waals surface area (Å²) in [4.78, 5) is 0. The summed E-state index contributed by atoms with van der Waals surface area (Å²) in [5.41, 5.74) is 25.8. The zero-order valence-electron chi connectivity index (χ0n) is 55.2. The van der Waals surface area contributed by atoms with E-state index in [1.165, 1.54) is 153 Å². The van der Waals surface area contributed by atoms with Gasteiger partial charge in [-0.05, 0) is 178 Å². The summed E-state index contributed by atoms with van der Waals surface area (Å²) in [5, 5.41) is 14.9. The summed E-state index contributed by atoms with van der Waals surface area (Å²) >= 11 is 1.89. The molecule has 22 aromatic rings. The number of benzene rings is 16. The number of rotatable bonds is 8. The first-order valence-electron chi connectivity index (χ1n) is 34.9. The van der Waals surface area contributed by atoms with Crippen molar-refractivity contribution in [1.29, 1.82) is 0 Å². The molecule has 0 saturated carbocycles. The Morgan fingerprint density at radius 3 is 1.04 bits per heavy atom. The van der Waals surface area contributed by atoms with Crippen molar-refractivity contribution in [1.82, 2.24) is 18.3 Å². The van der Waals surface area contributed by atoms with Crippen molar-refractivity contribution in [3.63, 3.8) is 0 Å². The molecule has 102 heavy (non-hydrogen) atoms. The van der Waals surface area contributed by atoms with Crippen LogP contribution in [-0.2, 0) is 0 Å². The quantitative estimate of drug-likeness (QED) is 0.149. The van der Waals surface area contributed by atoms with Gasteiger partial charge in [-0.2, -0.15) is 0 Å². The maximum Gasteiger partial charge on any atom is 0.145 e. The van der Waals surface area contributed by atoms with Gasteiger partial charge in [0.2, 0.25) is 0 Å². The van der Waals surface area contributed by atoms with Crippen LogP contribution >= 0.6 is 11.3 Å². The van der Waals surface area contributed by atoms with Gasteiger partial charge in [0.1, 0.15) is 11.2 Å². The maximum atomic E-state index is 6.60. The standard InChI is InChI=1S/C48H30N2O.C48H30N2S/c1-3-11-35(12-4-1)49-42-17-9-7-15-37(42)40-29-33(23-26-43(40)49)31-19-21-32(22-20-31)34-24-27-44-41(30-34)47-45(50(44)36-13-5-2-6-14-36)28-25-39-38-16-8-10-18-46(38)51-48(39)47;1-3-11-35(12-4-1)49-43-17-9-7-15-37(43)41-29-33(23-27-44(41)49)31-19-21-32(22-20-31)34-24-28-45-42(30-34)39-25-26-40-38-16-8-10-18-46(38)51-48(40)47(39)50(45)36-13-5-2-6-14-36/h2*1-30H. The molecule has 0 amide bonds. The second-order valence-corrected chi connectivity index (χ2v) is 27.7. The maximum absolute atomic E-state index is 6.60. The van der Waals surface area contributed by atoms with E-state index in [1.54, 1.807) is 0 Å². The lowest BCUT2D eigenvalue weighted by Gasteiger charge is -2.09. The minimum absolute atomic E-state index is 0.912. The van der Waals surface area contributed by atoms with Crippen LogP contribution in [0.4, 0.5) is 0 Å². The van der Waals surface area contributed by atoms with Gasteiger partial charge in [0.25, 0.3) is 0 Å². The van der Waals surface area contributed by atoms with E-state index >= 15 is 0 Å². The van der Waals surface area contributed by atoms with Gasteiger partial charge >= 0.3 is 0 Å². The van der Waals surface area contributed by atoms with Gasteiger partial charge in [0, 0.05) is 86.7 Å². The van der Waals surface area contributed by atoms with Crippen LogP contribution in [0.15, 0.2) is 368 Å². The fourth-order valence-corrected chi connectivity index (χ4v) is 17.6. The number of hydrogen-bond acceptors (Lipinski definition) is 2. The first kappa shape index (κ1) is 57.8. The van der Waals surface area contributed by atoms with Gasteiger partial charge < -0.3 is 22.7 Å². The zero-order valence-corrected chi connectivity index (χ0v) is 56.1. The predicted molar refractivity (Wildman–Crippen MR) is 432 cm³/mol. The molecule has 22 rings (SSSR count). The van der Waals surface area contributed by atoms with E-state index in [0.29, 0.717) is 0 Å². The molecule has 0 fully saturated rings. The van der Waals surface area contributed by atoms with Crippen LogP contribution in [0.1, 0.15) is 0 Å². The molecular weight excluding hydrogens is 1260 g/mol. The molecule has 5 nitrogen and oxygen atoms in total. The zero-order chi connectivity index (χ0) is 66.9. The smallest absolute Gasteiger partial charge is 0.145 e. The minimum atomic E-state index is 0.912. The Kier molecular flexibility index (Phi) is 13.1. The van der Waals surface area contributed by atoms with Crippen LogP contribution in [0.2, 0.25) is 0 Å². The first-order chi connectivity index (χ1) is 50.6. The molecule has 0 aliphatic carbocycles. The van der Waals surface area contributed by atoms with Crippen LogP contribution in [-0.4, -0.2) is 18.3 Å². The third-order valence-corrected chi connectivity index (χ3v) is 22.2. The summed E-state index contributed by atoms with van der Waals surface area (Å²) in [6.07, 6.45) is 0. The molecule has 16 aromatic carbocycles. The largest absolute Gasteiger partial charge is 0.455 e. The SMILES string of the molecule is c1ccc(-n2c3ccccc3c3cc(-c4ccc(-c5ccc6c(c5)c5c7oc8ccccc8c7ccc5n6-c5ccccc5)cc4)ccc32)cc1.c1ccc(-n2c3ccccc3c3cc(-c4ccc(-c5ccc6c(c5)c5ccc7c8ccccc8sc7c5n6-c5ccccc5)cc4)ccc32)cc1. The van der Waals surface area contributed by atoms with Crippen molar-refractivity contribution in [2.45, 2.75) is 0 Å². The lowest BCUT2D eigenvalue weighted by Crippen LogP contribution is -1.93. The molecule has 0 aliphatic heterocycles. The highest BCUT2D eigenvalue weighted by molar-refractivity contribution is 7.26. The number of nitrogens with zero attached hydrogens (tertiary/aromatic N) is 4. The molecule has 0 radical (unpaired) electrons. The van der Waals surface area contributed by atoms with Crippen LogP contribution in [0, 0.1) is 0 Å². The van der Waals surface area contributed by atoms with E-state index in [4.69, 9.17) is 4.42 Å². The van der Waals surface area contributed by atoms with Crippen molar-refractivity contribution in [2.75, 3.05) is 0 Å². The van der Waals surface area contributed by atoms with E-state index < -0.39 is 0 Å². The normalized spacial score (nSPS) is 11.9. The second-order valence-electron chi connectivity index (χ2n) is 26.7. The number of aromatic nitrogens is 4. The summed E-state index contributed by atoms with van der Waals surface area (Å²) in [6.45, 7) is 0. The predicted octanol–water partition coefficient (Wildman–Crippen LogP) is 26.7. The molecule has 0 atom stereocenters. The van der Waals surface area contributed by atoms with Gasteiger partial charge in [-0.1, -0.05) is 231 Å².